The van der Waals surface area contributed by atoms with Crippen LogP contribution in [0, 0.1) is 5.82 Å². The van der Waals surface area contributed by atoms with Crippen molar-refractivity contribution in [2.45, 2.75) is 18.6 Å². The highest BCUT2D eigenvalue weighted by atomic mass is 19.1. The predicted molar refractivity (Wildman–Crippen MR) is 118 cm³/mol. The Hall–Kier alpha value is -4.07. The summed E-state index contributed by atoms with van der Waals surface area (Å²) in [6.07, 6.45) is 10.2. The first-order chi connectivity index (χ1) is 15.6. The van der Waals surface area contributed by atoms with E-state index in [9.17, 15) is 14.0 Å². The van der Waals surface area contributed by atoms with Crippen molar-refractivity contribution in [3.05, 3.63) is 96.7 Å². The van der Waals surface area contributed by atoms with Crippen molar-refractivity contribution in [2.75, 3.05) is 7.05 Å². The van der Waals surface area contributed by atoms with Gasteiger partial charge in [0.05, 0.1) is 11.9 Å². The van der Waals surface area contributed by atoms with Crippen LogP contribution in [0.1, 0.15) is 11.7 Å². The first-order valence-corrected chi connectivity index (χ1v) is 10.2. The van der Waals surface area contributed by atoms with Crippen LogP contribution in [0.25, 0.3) is 11.4 Å². The number of carbonyl (C=O) groups is 2. The third kappa shape index (κ3) is 4.49. The molecule has 162 valence electrons. The Morgan fingerprint density at radius 3 is 2.62 bits per heavy atom. The van der Waals surface area contributed by atoms with Crippen molar-refractivity contribution in [3.8, 4) is 11.4 Å². The largest absolute Gasteiger partial charge is 0.353 e. The van der Waals surface area contributed by atoms with Crippen LogP contribution in [0.15, 0.2) is 85.4 Å². The molecular formula is C24H22FN5O2. The standard InChI is InChI=1S/C24H22FN5O2/c1-26-24(32)23(31)21(15-17-7-3-2-4-8-17)29-13-6-5-9-22(29)30-14-12-20(28-30)19-11-10-18(25)16-27-19/h2-14,16,21-22H,15H2,1H3,(H,26,32). The Balaban J connectivity index is 1.66. The number of nitrogens with one attached hydrogen (secondary N) is 1. The Labute approximate surface area is 184 Å². The van der Waals surface area contributed by atoms with Crippen molar-refractivity contribution in [3.63, 3.8) is 0 Å². The normalized spacial score (nSPS) is 16.1. The van der Waals surface area contributed by atoms with Crippen LogP contribution in [0.3, 0.4) is 0 Å². The summed E-state index contributed by atoms with van der Waals surface area (Å²) < 4.78 is 14.9. The molecule has 2 aromatic heterocycles. The molecule has 3 aromatic rings. The summed E-state index contributed by atoms with van der Waals surface area (Å²) in [7, 11) is 1.44. The van der Waals surface area contributed by atoms with Gasteiger partial charge in [-0.3, -0.25) is 14.6 Å². The van der Waals surface area contributed by atoms with Crippen LogP contribution < -0.4 is 5.32 Å². The van der Waals surface area contributed by atoms with E-state index < -0.39 is 29.7 Å². The number of allylic oxidation sites excluding steroid dienone is 2. The van der Waals surface area contributed by atoms with E-state index in [-0.39, 0.29) is 0 Å². The highest BCUT2D eigenvalue weighted by molar-refractivity contribution is 6.38. The van der Waals surface area contributed by atoms with Crippen molar-refractivity contribution >= 4 is 11.7 Å². The minimum atomic E-state index is -0.736. The van der Waals surface area contributed by atoms with Gasteiger partial charge in [-0.05, 0) is 35.9 Å². The molecule has 8 heteroatoms. The van der Waals surface area contributed by atoms with Gasteiger partial charge in [0.2, 0.25) is 5.78 Å². The van der Waals surface area contributed by atoms with E-state index in [1.165, 1.54) is 13.1 Å². The van der Waals surface area contributed by atoms with Crippen molar-refractivity contribution in [1.82, 2.24) is 25.0 Å². The number of pyridine rings is 1. The van der Waals surface area contributed by atoms with Crippen LogP contribution in [-0.2, 0) is 16.0 Å². The maximum absolute atomic E-state index is 13.2. The fourth-order valence-corrected chi connectivity index (χ4v) is 3.61. The molecule has 1 aliphatic heterocycles. The summed E-state index contributed by atoms with van der Waals surface area (Å²) in [5, 5.41) is 7.03. The van der Waals surface area contributed by atoms with Gasteiger partial charge in [-0.1, -0.05) is 36.4 Å². The second-order valence-electron chi connectivity index (χ2n) is 7.28. The van der Waals surface area contributed by atoms with Crippen molar-refractivity contribution in [2.24, 2.45) is 0 Å². The summed E-state index contributed by atoms with van der Waals surface area (Å²) in [5.74, 6) is -1.60. The highest BCUT2D eigenvalue weighted by Gasteiger charge is 2.34. The lowest BCUT2D eigenvalue weighted by Gasteiger charge is -2.36. The Kier molecular flexibility index (Phi) is 6.21. The molecule has 7 nitrogen and oxygen atoms in total. The number of Topliss-reactive ketones (excluding diaryl/α,β-unsaturated/α-hetero) is 1. The Bertz CT molecular complexity index is 1150. The number of rotatable bonds is 7. The summed E-state index contributed by atoms with van der Waals surface area (Å²) >= 11 is 0. The maximum Gasteiger partial charge on any atom is 0.289 e. The molecule has 0 saturated carbocycles. The van der Waals surface area contributed by atoms with Crippen LogP contribution in [0.5, 0.6) is 0 Å². The first-order valence-electron chi connectivity index (χ1n) is 10.2. The molecule has 1 aromatic carbocycles. The van der Waals surface area contributed by atoms with E-state index in [0.29, 0.717) is 17.8 Å². The van der Waals surface area contributed by atoms with E-state index >= 15 is 0 Å². The fraction of sp³-hybridized carbons (Fsp3) is 0.167. The molecule has 3 heterocycles. The lowest BCUT2D eigenvalue weighted by Crippen LogP contribution is -2.48. The maximum atomic E-state index is 13.2. The monoisotopic (exact) mass is 431 g/mol. The van der Waals surface area contributed by atoms with Gasteiger partial charge in [0.15, 0.2) is 0 Å². The number of likely N-dealkylation sites (N-methyl/N-ethyl adjacent to an activating group) is 1. The van der Waals surface area contributed by atoms with Gasteiger partial charge < -0.3 is 10.2 Å². The molecule has 1 aliphatic rings. The van der Waals surface area contributed by atoms with E-state index in [0.717, 1.165) is 11.8 Å². The molecular weight excluding hydrogens is 409 g/mol. The molecule has 0 fully saturated rings. The van der Waals surface area contributed by atoms with Gasteiger partial charge >= 0.3 is 0 Å². The number of amides is 1. The van der Waals surface area contributed by atoms with E-state index in [1.807, 2.05) is 53.5 Å². The van der Waals surface area contributed by atoms with E-state index in [4.69, 9.17) is 0 Å². The van der Waals surface area contributed by atoms with Crippen molar-refractivity contribution < 1.29 is 14.0 Å². The number of benzene rings is 1. The van der Waals surface area contributed by atoms with Gasteiger partial charge in [0.1, 0.15) is 23.7 Å². The second kappa shape index (κ2) is 9.38. The minimum absolute atomic E-state index is 0.357. The van der Waals surface area contributed by atoms with Crippen LogP contribution in [-0.4, -0.2) is 44.4 Å². The molecule has 32 heavy (non-hydrogen) atoms. The van der Waals surface area contributed by atoms with Gasteiger partial charge in [0.25, 0.3) is 5.91 Å². The van der Waals surface area contributed by atoms with Gasteiger partial charge in [-0.25, -0.2) is 9.07 Å². The topological polar surface area (TPSA) is 80.1 Å². The molecule has 0 radical (unpaired) electrons. The quantitative estimate of drug-likeness (QED) is 0.582. The number of ketones is 1. The Morgan fingerprint density at radius 1 is 1.09 bits per heavy atom. The summed E-state index contributed by atoms with van der Waals surface area (Å²) in [6, 6.07) is 13.5. The van der Waals surface area contributed by atoms with Crippen LogP contribution in [0.2, 0.25) is 0 Å². The lowest BCUT2D eigenvalue weighted by atomic mass is 9.99. The minimum Gasteiger partial charge on any atom is -0.353 e. The molecule has 1 N–H and O–H groups in total. The molecule has 1 amide bonds. The predicted octanol–water partition coefficient (Wildman–Crippen LogP) is 2.89. The van der Waals surface area contributed by atoms with Crippen LogP contribution in [0.4, 0.5) is 4.39 Å². The molecule has 0 saturated heterocycles. The van der Waals surface area contributed by atoms with E-state index in [2.05, 4.69) is 15.4 Å². The average molecular weight is 431 g/mol. The number of hydrogen-bond donors (Lipinski definition) is 1. The zero-order valence-electron chi connectivity index (χ0n) is 17.4. The molecule has 0 bridgehead atoms. The van der Waals surface area contributed by atoms with Crippen molar-refractivity contribution in [1.29, 1.82) is 0 Å². The smallest absolute Gasteiger partial charge is 0.289 e. The van der Waals surface area contributed by atoms with E-state index in [1.54, 1.807) is 29.2 Å². The molecule has 0 spiro atoms. The third-order valence-electron chi connectivity index (χ3n) is 5.21. The number of aromatic nitrogens is 3. The highest BCUT2D eigenvalue weighted by Crippen LogP contribution is 2.26. The zero-order valence-corrected chi connectivity index (χ0v) is 17.4. The van der Waals surface area contributed by atoms with Gasteiger partial charge in [-0.2, -0.15) is 5.10 Å². The summed E-state index contributed by atoms with van der Waals surface area (Å²) in [5.41, 5.74) is 2.05. The Morgan fingerprint density at radius 2 is 1.91 bits per heavy atom. The van der Waals surface area contributed by atoms with Gasteiger partial charge in [0, 0.05) is 25.9 Å². The van der Waals surface area contributed by atoms with Gasteiger partial charge in [-0.15, -0.1) is 0 Å². The first kappa shape index (κ1) is 21.2. The number of halogens is 1. The third-order valence-corrected chi connectivity index (χ3v) is 5.21. The average Bonchev–Trinajstić information content (AvgIpc) is 3.33. The second-order valence-corrected chi connectivity index (χ2v) is 7.28. The number of carbonyl (C=O) groups excluding carboxylic acids is 2. The zero-order chi connectivity index (χ0) is 22.5. The summed E-state index contributed by atoms with van der Waals surface area (Å²) in [4.78, 5) is 31.2. The molecule has 0 aliphatic carbocycles. The molecule has 4 rings (SSSR count). The van der Waals surface area contributed by atoms with Crippen LogP contribution >= 0.6 is 0 Å². The molecule has 2 unspecified atom stereocenters. The SMILES string of the molecule is CNC(=O)C(=O)C(Cc1ccccc1)N1C=CC=CC1n1ccc(-c2ccc(F)cn2)n1. The number of nitrogens with zero attached hydrogens (tertiary/aromatic N) is 4. The summed E-state index contributed by atoms with van der Waals surface area (Å²) in [6.45, 7) is 0. The molecule has 2 atom stereocenters. The lowest BCUT2D eigenvalue weighted by molar-refractivity contribution is -0.140. The number of hydrogen-bond acceptors (Lipinski definition) is 5. The fourth-order valence-electron chi connectivity index (χ4n) is 3.61.